The van der Waals surface area contributed by atoms with Crippen LogP contribution in [-0.2, 0) is 0 Å². The van der Waals surface area contributed by atoms with Crippen molar-refractivity contribution < 1.29 is 0 Å². The molecule has 2 heterocycles. The van der Waals surface area contributed by atoms with Gasteiger partial charge in [0.15, 0.2) is 5.65 Å². The van der Waals surface area contributed by atoms with Gasteiger partial charge in [-0.3, -0.25) is 0 Å². The third-order valence-electron chi connectivity index (χ3n) is 3.10. The fraction of sp³-hybridized carbons (Fsp3) is 0.200. The Morgan fingerprint density at radius 3 is 2.58 bits per heavy atom. The number of fused-ring (bicyclic) bond motifs is 1. The Balaban J connectivity index is 2.32. The molecule has 0 aliphatic rings. The molecule has 96 valence electrons. The van der Waals surface area contributed by atoms with Crippen molar-refractivity contribution in [1.82, 2.24) is 14.5 Å². The van der Waals surface area contributed by atoms with Crippen molar-refractivity contribution in [2.75, 3.05) is 5.73 Å². The molecule has 1 aromatic carbocycles. The SMILES string of the molecule is CC(C)n1c(-c2ccccc2)nc2cc(N)cnc21. The van der Waals surface area contributed by atoms with E-state index in [2.05, 4.69) is 40.5 Å². The lowest BCUT2D eigenvalue weighted by Gasteiger charge is -2.12. The fourth-order valence-corrected chi connectivity index (χ4v) is 2.28. The van der Waals surface area contributed by atoms with Gasteiger partial charge in [0.25, 0.3) is 0 Å². The minimum Gasteiger partial charge on any atom is -0.397 e. The van der Waals surface area contributed by atoms with E-state index in [1.807, 2.05) is 24.3 Å². The maximum absolute atomic E-state index is 5.79. The Labute approximate surface area is 111 Å². The maximum Gasteiger partial charge on any atom is 0.160 e. The van der Waals surface area contributed by atoms with Crippen LogP contribution in [0.15, 0.2) is 42.6 Å². The molecule has 0 fully saturated rings. The summed E-state index contributed by atoms with van der Waals surface area (Å²) in [4.78, 5) is 9.11. The van der Waals surface area contributed by atoms with E-state index in [9.17, 15) is 0 Å². The molecule has 0 spiro atoms. The number of rotatable bonds is 2. The molecule has 0 saturated carbocycles. The Bertz CT molecular complexity index is 714. The zero-order valence-corrected chi connectivity index (χ0v) is 11.0. The first kappa shape index (κ1) is 11.7. The summed E-state index contributed by atoms with van der Waals surface area (Å²) in [6.45, 7) is 4.26. The topological polar surface area (TPSA) is 56.7 Å². The van der Waals surface area contributed by atoms with Gasteiger partial charge in [-0.2, -0.15) is 0 Å². The van der Waals surface area contributed by atoms with Crippen LogP contribution in [0.2, 0.25) is 0 Å². The Morgan fingerprint density at radius 2 is 1.89 bits per heavy atom. The zero-order valence-electron chi connectivity index (χ0n) is 11.0. The first-order valence-electron chi connectivity index (χ1n) is 6.35. The highest BCUT2D eigenvalue weighted by Crippen LogP contribution is 2.27. The average molecular weight is 252 g/mol. The van der Waals surface area contributed by atoms with Crippen LogP contribution in [0, 0.1) is 0 Å². The molecular weight excluding hydrogens is 236 g/mol. The molecule has 2 N–H and O–H groups in total. The van der Waals surface area contributed by atoms with Gasteiger partial charge in [0.2, 0.25) is 0 Å². The maximum atomic E-state index is 5.79. The van der Waals surface area contributed by atoms with E-state index in [-0.39, 0.29) is 6.04 Å². The van der Waals surface area contributed by atoms with Gasteiger partial charge < -0.3 is 10.3 Å². The molecule has 0 radical (unpaired) electrons. The number of aromatic nitrogens is 3. The summed E-state index contributed by atoms with van der Waals surface area (Å²) in [5.74, 6) is 0.934. The third-order valence-corrected chi connectivity index (χ3v) is 3.10. The van der Waals surface area contributed by atoms with Gasteiger partial charge in [-0.05, 0) is 19.9 Å². The van der Waals surface area contributed by atoms with Crippen molar-refractivity contribution in [3.63, 3.8) is 0 Å². The molecule has 0 atom stereocenters. The van der Waals surface area contributed by atoms with Crippen LogP contribution in [0.25, 0.3) is 22.6 Å². The molecule has 3 aromatic rings. The largest absolute Gasteiger partial charge is 0.397 e. The van der Waals surface area contributed by atoms with Gasteiger partial charge in [-0.15, -0.1) is 0 Å². The van der Waals surface area contributed by atoms with Gasteiger partial charge in [0.05, 0.1) is 11.9 Å². The predicted molar refractivity (Wildman–Crippen MR) is 77.8 cm³/mol. The van der Waals surface area contributed by atoms with Crippen molar-refractivity contribution in [3.8, 4) is 11.4 Å². The van der Waals surface area contributed by atoms with Gasteiger partial charge in [-0.25, -0.2) is 9.97 Å². The molecule has 4 nitrogen and oxygen atoms in total. The molecule has 0 aliphatic heterocycles. The number of pyridine rings is 1. The molecule has 0 saturated heterocycles. The van der Waals surface area contributed by atoms with Crippen molar-refractivity contribution in [2.24, 2.45) is 0 Å². The molecule has 0 bridgehead atoms. The number of hydrogen-bond donors (Lipinski definition) is 1. The molecule has 4 heteroatoms. The first-order valence-corrected chi connectivity index (χ1v) is 6.35. The van der Waals surface area contributed by atoms with Crippen molar-refractivity contribution in [1.29, 1.82) is 0 Å². The Hall–Kier alpha value is -2.36. The standard InChI is InChI=1S/C15H16N4/c1-10(2)19-14(11-6-4-3-5-7-11)18-13-8-12(16)9-17-15(13)19/h3-10H,16H2,1-2H3. The number of benzene rings is 1. The first-order chi connectivity index (χ1) is 9.16. The van der Waals surface area contributed by atoms with Crippen molar-refractivity contribution in [2.45, 2.75) is 19.9 Å². The summed E-state index contributed by atoms with van der Waals surface area (Å²) in [6.07, 6.45) is 1.68. The second-order valence-electron chi connectivity index (χ2n) is 4.88. The molecule has 0 aliphatic carbocycles. The van der Waals surface area contributed by atoms with Gasteiger partial charge >= 0.3 is 0 Å². The summed E-state index contributed by atoms with van der Waals surface area (Å²) >= 11 is 0. The molecule has 2 aromatic heterocycles. The molecule has 3 rings (SSSR count). The normalized spacial score (nSPS) is 11.3. The highest BCUT2D eigenvalue weighted by Gasteiger charge is 2.15. The van der Waals surface area contributed by atoms with Crippen LogP contribution in [0.4, 0.5) is 5.69 Å². The summed E-state index contributed by atoms with van der Waals surface area (Å²) in [7, 11) is 0. The number of nitrogens with two attached hydrogens (primary N) is 1. The third kappa shape index (κ3) is 1.95. The van der Waals surface area contributed by atoms with E-state index in [0.29, 0.717) is 5.69 Å². The minimum absolute atomic E-state index is 0.288. The molecule has 0 amide bonds. The summed E-state index contributed by atoms with van der Waals surface area (Å²) < 4.78 is 2.14. The molecular formula is C15H16N4. The van der Waals surface area contributed by atoms with Gasteiger partial charge in [0, 0.05) is 11.6 Å². The van der Waals surface area contributed by atoms with Crippen LogP contribution < -0.4 is 5.73 Å². The van der Waals surface area contributed by atoms with E-state index in [4.69, 9.17) is 5.73 Å². The lowest BCUT2D eigenvalue weighted by molar-refractivity contribution is 0.620. The number of nitrogens with zero attached hydrogens (tertiary/aromatic N) is 3. The Kier molecular flexibility index (Phi) is 2.71. The summed E-state index contributed by atoms with van der Waals surface area (Å²) in [5, 5.41) is 0. The lowest BCUT2D eigenvalue weighted by atomic mass is 10.2. The van der Waals surface area contributed by atoms with E-state index >= 15 is 0 Å². The highest BCUT2D eigenvalue weighted by atomic mass is 15.1. The quantitative estimate of drug-likeness (QED) is 0.761. The van der Waals surface area contributed by atoms with E-state index in [1.165, 1.54) is 0 Å². The van der Waals surface area contributed by atoms with Crippen LogP contribution in [0.3, 0.4) is 0 Å². The van der Waals surface area contributed by atoms with E-state index in [1.54, 1.807) is 6.20 Å². The van der Waals surface area contributed by atoms with Gasteiger partial charge in [0.1, 0.15) is 11.3 Å². The zero-order chi connectivity index (χ0) is 13.4. The average Bonchev–Trinajstić information content (AvgIpc) is 2.78. The molecule has 19 heavy (non-hydrogen) atoms. The lowest BCUT2D eigenvalue weighted by Crippen LogP contribution is -2.04. The van der Waals surface area contributed by atoms with Crippen molar-refractivity contribution in [3.05, 3.63) is 42.6 Å². The highest BCUT2D eigenvalue weighted by molar-refractivity contribution is 5.79. The number of anilines is 1. The fourth-order valence-electron chi connectivity index (χ4n) is 2.28. The van der Waals surface area contributed by atoms with Crippen LogP contribution in [0.5, 0.6) is 0 Å². The monoisotopic (exact) mass is 252 g/mol. The van der Waals surface area contributed by atoms with Crippen molar-refractivity contribution >= 4 is 16.9 Å². The number of imidazole rings is 1. The number of nitrogen functional groups attached to an aromatic ring is 1. The van der Waals surface area contributed by atoms with Gasteiger partial charge in [-0.1, -0.05) is 30.3 Å². The summed E-state index contributed by atoms with van der Waals surface area (Å²) in [6, 6.07) is 12.3. The smallest absolute Gasteiger partial charge is 0.160 e. The Morgan fingerprint density at radius 1 is 1.16 bits per heavy atom. The predicted octanol–water partition coefficient (Wildman–Crippen LogP) is 3.26. The van der Waals surface area contributed by atoms with Crippen LogP contribution in [0.1, 0.15) is 19.9 Å². The van der Waals surface area contributed by atoms with Crippen LogP contribution >= 0.6 is 0 Å². The summed E-state index contributed by atoms with van der Waals surface area (Å²) in [5.41, 5.74) is 9.23. The van der Waals surface area contributed by atoms with E-state index in [0.717, 1.165) is 22.6 Å². The minimum atomic E-state index is 0.288. The van der Waals surface area contributed by atoms with E-state index < -0.39 is 0 Å². The molecule has 0 unspecified atom stereocenters. The van der Waals surface area contributed by atoms with Crippen LogP contribution in [-0.4, -0.2) is 14.5 Å². The number of hydrogen-bond acceptors (Lipinski definition) is 3. The second kappa shape index (κ2) is 4.39. The second-order valence-corrected chi connectivity index (χ2v) is 4.88.